The Kier molecular flexibility index (Phi) is 7.26. The van der Waals surface area contributed by atoms with E-state index in [2.05, 4.69) is 52.8 Å². The van der Waals surface area contributed by atoms with Gasteiger partial charge in [0.2, 0.25) is 0 Å². The van der Waals surface area contributed by atoms with E-state index in [9.17, 15) is 4.79 Å². The van der Waals surface area contributed by atoms with Crippen LogP contribution in [0, 0.1) is 0 Å². The second-order valence-corrected chi connectivity index (χ2v) is 7.97. The Morgan fingerprint density at radius 3 is 2.72 bits per heavy atom. The normalized spacial score (nSPS) is 19.6. The van der Waals surface area contributed by atoms with Crippen molar-refractivity contribution in [2.75, 3.05) is 26.2 Å². The van der Waals surface area contributed by atoms with E-state index in [1.165, 1.54) is 5.56 Å². The quantitative estimate of drug-likeness (QED) is 0.796. The minimum Gasteiger partial charge on any atom is -0.444 e. The van der Waals surface area contributed by atoms with Gasteiger partial charge in [0.25, 0.3) is 0 Å². The average molecular weight is 348 g/mol. The summed E-state index contributed by atoms with van der Waals surface area (Å²) >= 11 is 0. The maximum Gasteiger partial charge on any atom is 0.407 e. The lowest BCUT2D eigenvalue weighted by Gasteiger charge is -2.23. The van der Waals surface area contributed by atoms with Crippen molar-refractivity contribution in [1.82, 2.24) is 15.5 Å². The molecule has 1 aliphatic heterocycles. The third-order valence-electron chi connectivity index (χ3n) is 4.30. The summed E-state index contributed by atoms with van der Waals surface area (Å²) in [6.07, 6.45) is 1.91. The van der Waals surface area contributed by atoms with E-state index < -0.39 is 5.60 Å². The fraction of sp³-hybridized carbons (Fsp3) is 0.650. The molecule has 0 spiro atoms. The predicted molar refractivity (Wildman–Crippen MR) is 102 cm³/mol. The first-order chi connectivity index (χ1) is 11.8. The number of carbonyl (C=O) groups is 1. The molecular formula is C20H33N3O2. The molecule has 0 aromatic heterocycles. The monoisotopic (exact) mass is 347 g/mol. The maximum absolute atomic E-state index is 11.7. The molecule has 2 atom stereocenters. The standard InChI is InChI=1S/C20H33N3O2/c1-16(14-21-19(24)25-20(2,3)4)22-18-11-13-23(15-18)12-10-17-8-6-5-7-9-17/h5-9,16,18,22H,10-15H2,1-4H3,(H,21,24). The molecule has 2 unspecified atom stereocenters. The number of alkyl carbamates (subject to hydrolysis) is 1. The van der Waals surface area contributed by atoms with Gasteiger partial charge in [0.15, 0.2) is 0 Å². The lowest BCUT2D eigenvalue weighted by Crippen LogP contribution is -2.45. The van der Waals surface area contributed by atoms with Crippen LogP contribution in [0.25, 0.3) is 0 Å². The predicted octanol–water partition coefficient (Wildman–Crippen LogP) is 2.81. The van der Waals surface area contributed by atoms with Crippen LogP contribution >= 0.6 is 0 Å². The Balaban J connectivity index is 1.62. The Hall–Kier alpha value is -1.59. The highest BCUT2D eigenvalue weighted by Gasteiger charge is 2.23. The highest BCUT2D eigenvalue weighted by atomic mass is 16.6. The van der Waals surface area contributed by atoms with Gasteiger partial charge in [-0.2, -0.15) is 0 Å². The summed E-state index contributed by atoms with van der Waals surface area (Å²) in [5.74, 6) is 0. The number of amides is 1. The molecule has 0 radical (unpaired) electrons. The fourth-order valence-corrected chi connectivity index (χ4v) is 3.12. The molecule has 1 aromatic carbocycles. The zero-order valence-electron chi connectivity index (χ0n) is 16.0. The van der Waals surface area contributed by atoms with Gasteiger partial charge in [-0.15, -0.1) is 0 Å². The van der Waals surface area contributed by atoms with E-state index in [0.29, 0.717) is 12.6 Å². The molecule has 5 heteroatoms. The van der Waals surface area contributed by atoms with Crippen LogP contribution in [0.1, 0.15) is 39.7 Å². The minimum atomic E-state index is -0.453. The number of ether oxygens (including phenoxy) is 1. The molecule has 1 fully saturated rings. The first-order valence-corrected chi connectivity index (χ1v) is 9.31. The molecule has 25 heavy (non-hydrogen) atoms. The van der Waals surface area contributed by atoms with Gasteiger partial charge in [-0.1, -0.05) is 30.3 Å². The molecule has 5 nitrogen and oxygen atoms in total. The van der Waals surface area contributed by atoms with Gasteiger partial charge >= 0.3 is 6.09 Å². The van der Waals surface area contributed by atoms with Gasteiger partial charge in [0, 0.05) is 31.7 Å². The lowest BCUT2D eigenvalue weighted by molar-refractivity contribution is 0.0522. The van der Waals surface area contributed by atoms with Crippen molar-refractivity contribution in [3.63, 3.8) is 0 Å². The highest BCUT2D eigenvalue weighted by molar-refractivity contribution is 5.67. The molecule has 140 valence electrons. The van der Waals surface area contributed by atoms with Crippen LogP contribution in [0.5, 0.6) is 0 Å². The van der Waals surface area contributed by atoms with Crippen molar-refractivity contribution in [1.29, 1.82) is 0 Å². The Morgan fingerprint density at radius 1 is 1.32 bits per heavy atom. The summed E-state index contributed by atoms with van der Waals surface area (Å²) in [5.41, 5.74) is 0.944. The molecule has 0 saturated carbocycles. The van der Waals surface area contributed by atoms with Gasteiger partial charge in [0.05, 0.1) is 0 Å². The number of likely N-dealkylation sites (tertiary alicyclic amines) is 1. The van der Waals surface area contributed by atoms with E-state index in [-0.39, 0.29) is 12.1 Å². The Bertz CT molecular complexity index is 527. The molecule has 1 heterocycles. The van der Waals surface area contributed by atoms with Gasteiger partial charge in [-0.25, -0.2) is 4.79 Å². The second-order valence-electron chi connectivity index (χ2n) is 7.97. The summed E-state index contributed by atoms with van der Waals surface area (Å²) in [6.45, 7) is 11.6. The summed E-state index contributed by atoms with van der Waals surface area (Å²) < 4.78 is 5.26. The van der Waals surface area contributed by atoms with E-state index in [4.69, 9.17) is 4.74 Å². The van der Waals surface area contributed by atoms with Crippen LogP contribution in [0.2, 0.25) is 0 Å². The summed E-state index contributed by atoms with van der Waals surface area (Å²) in [7, 11) is 0. The summed E-state index contributed by atoms with van der Waals surface area (Å²) in [4.78, 5) is 14.2. The fourth-order valence-electron chi connectivity index (χ4n) is 3.12. The molecule has 0 bridgehead atoms. The van der Waals surface area contributed by atoms with Gasteiger partial charge in [-0.3, -0.25) is 0 Å². The lowest BCUT2D eigenvalue weighted by atomic mass is 10.1. The molecule has 1 aliphatic rings. The Morgan fingerprint density at radius 2 is 2.04 bits per heavy atom. The number of benzene rings is 1. The van der Waals surface area contributed by atoms with Crippen LogP contribution in [0.3, 0.4) is 0 Å². The number of nitrogens with zero attached hydrogens (tertiary/aromatic N) is 1. The molecule has 2 rings (SSSR count). The van der Waals surface area contributed by atoms with Crippen LogP contribution in [-0.2, 0) is 11.2 Å². The number of rotatable bonds is 7. The maximum atomic E-state index is 11.7. The first kappa shape index (κ1) is 19.7. The SMILES string of the molecule is CC(CNC(=O)OC(C)(C)C)NC1CCN(CCc2ccccc2)C1. The van der Waals surface area contributed by atoms with Crippen LogP contribution < -0.4 is 10.6 Å². The number of nitrogens with one attached hydrogen (secondary N) is 2. The van der Waals surface area contributed by atoms with Gasteiger partial charge < -0.3 is 20.3 Å². The molecule has 0 aliphatic carbocycles. The number of carbonyl (C=O) groups excluding carboxylic acids is 1. The second kappa shape index (κ2) is 9.20. The molecular weight excluding hydrogens is 314 g/mol. The third-order valence-corrected chi connectivity index (χ3v) is 4.30. The van der Waals surface area contributed by atoms with Gasteiger partial charge in [-0.05, 0) is 52.6 Å². The van der Waals surface area contributed by atoms with Crippen molar-refractivity contribution in [3.05, 3.63) is 35.9 Å². The van der Waals surface area contributed by atoms with E-state index in [0.717, 1.165) is 32.5 Å². The largest absolute Gasteiger partial charge is 0.444 e. The zero-order valence-corrected chi connectivity index (χ0v) is 16.0. The molecule has 1 aromatic rings. The molecule has 1 saturated heterocycles. The minimum absolute atomic E-state index is 0.228. The zero-order chi connectivity index (χ0) is 18.3. The van der Waals surface area contributed by atoms with Crippen LogP contribution in [-0.4, -0.2) is 54.9 Å². The first-order valence-electron chi connectivity index (χ1n) is 9.31. The van der Waals surface area contributed by atoms with Crippen LogP contribution in [0.15, 0.2) is 30.3 Å². The van der Waals surface area contributed by atoms with Crippen molar-refractivity contribution in [3.8, 4) is 0 Å². The topological polar surface area (TPSA) is 53.6 Å². The molecule has 2 N–H and O–H groups in total. The van der Waals surface area contributed by atoms with E-state index in [1.807, 2.05) is 20.8 Å². The molecule has 1 amide bonds. The third kappa shape index (κ3) is 7.88. The number of hydrogen-bond acceptors (Lipinski definition) is 4. The van der Waals surface area contributed by atoms with E-state index in [1.54, 1.807) is 0 Å². The summed E-state index contributed by atoms with van der Waals surface area (Å²) in [6, 6.07) is 11.4. The van der Waals surface area contributed by atoms with Crippen molar-refractivity contribution in [2.45, 2.75) is 58.2 Å². The summed E-state index contributed by atoms with van der Waals surface area (Å²) in [5, 5.41) is 6.45. The average Bonchev–Trinajstić information content (AvgIpc) is 2.98. The van der Waals surface area contributed by atoms with Crippen LogP contribution in [0.4, 0.5) is 4.79 Å². The van der Waals surface area contributed by atoms with Crippen molar-refractivity contribution >= 4 is 6.09 Å². The van der Waals surface area contributed by atoms with Gasteiger partial charge in [0.1, 0.15) is 5.60 Å². The smallest absolute Gasteiger partial charge is 0.407 e. The van der Waals surface area contributed by atoms with E-state index >= 15 is 0 Å². The number of hydrogen-bond donors (Lipinski definition) is 2. The van der Waals surface area contributed by atoms with Crippen molar-refractivity contribution in [2.24, 2.45) is 0 Å². The Labute approximate surface area is 152 Å². The van der Waals surface area contributed by atoms with Crippen molar-refractivity contribution < 1.29 is 9.53 Å². The highest BCUT2D eigenvalue weighted by Crippen LogP contribution is 2.11.